The summed E-state index contributed by atoms with van der Waals surface area (Å²) < 4.78 is 52.3. The number of methoxy groups -OCH3 is 1. The fourth-order valence-electron chi connectivity index (χ4n) is 2.80. The van der Waals surface area contributed by atoms with Gasteiger partial charge in [-0.3, -0.25) is 4.99 Å². The maximum absolute atomic E-state index is 12.6. The quantitative estimate of drug-likeness (QED) is 0.338. The fraction of sp³-hybridized carbons (Fsp3) is 0.632. The van der Waals surface area contributed by atoms with Crippen LogP contribution in [0.15, 0.2) is 29.3 Å². The predicted octanol–water partition coefficient (Wildman–Crippen LogP) is 3.05. The van der Waals surface area contributed by atoms with Gasteiger partial charge < -0.3 is 24.8 Å². The van der Waals surface area contributed by atoms with Crippen molar-refractivity contribution in [3.05, 3.63) is 29.8 Å². The van der Waals surface area contributed by atoms with Crippen LogP contribution >= 0.6 is 0 Å². The van der Waals surface area contributed by atoms with Crippen LogP contribution < -0.4 is 15.4 Å². The maximum Gasteiger partial charge on any atom is 0.573 e. The first kappa shape index (κ1) is 22.3. The van der Waals surface area contributed by atoms with Crippen molar-refractivity contribution in [3.63, 3.8) is 0 Å². The Balaban J connectivity index is 1.85. The Labute approximate surface area is 163 Å². The molecule has 1 aromatic rings. The molecule has 2 N–H and O–H groups in total. The second-order valence-electron chi connectivity index (χ2n) is 6.40. The Morgan fingerprint density at radius 1 is 1.21 bits per heavy atom. The van der Waals surface area contributed by atoms with E-state index in [-0.39, 0.29) is 17.7 Å². The SMILES string of the molecule is CCNC(=NCCCOCCOC)NC1CC1c1ccccc1OC(F)(F)F. The van der Waals surface area contributed by atoms with E-state index in [0.717, 1.165) is 12.8 Å². The van der Waals surface area contributed by atoms with Crippen LogP contribution in [0, 0.1) is 0 Å². The van der Waals surface area contributed by atoms with Crippen molar-refractivity contribution in [2.45, 2.75) is 38.1 Å². The highest BCUT2D eigenvalue weighted by Gasteiger charge is 2.42. The van der Waals surface area contributed by atoms with E-state index in [0.29, 0.717) is 44.4 Å². The standard InChI is InChI=1S/C19H28F3N3O3/c1-3-23-18(24-9-6-10-27-12-11-26-2)25-16-13-15(16)14-7-4-5-8-17(14)28-19(20,21)22/h4-5,7-8,15-16H,3,6,9-13H2,1-2H3,(H2,23,24,25). The van der Waals surface area contributed by atoms with Crippen LogP contribution in [0.25, 0.3) is 0 Å². The molecule has 6 nitrogen and oxygen atoms in total. The average Bonchev–Trinajstić information content (AvgIpc) is 3.39. The number of alkyl halides is 3. The number of nitrogens with one attached hydrogen (secondary N) is 2. The minimum Gasteiger partial charge on any atom is -0.405 e. The van der Waals surface area contributed by atoms with Crippen LogP contribution in [0.2, 0.25) is 0 Å². The third kappa shape index (κ3) is 7.93. The van der Waals surface area contributed by atoms with E-state index in [9.17, 15) is 13.2 Å². The zero-order valence-corrected chi connectivity index (χ0v) is 16.2. The van der Waals surface area contributed by atoms with Crippen molar-refractivity contribution in [1.29, 1.82) is 0 Å². The number of rotatable bonds is 11. The molecule has 2 unspecified atom stereocenters. The molecule has 1 aliphatic carbocycles. The van der Waals surface area contributed by atoms with E-state index in [2.05, 4.69) is 20.4 Å². The number of nitrogens with zero attached hydrogens (tertiary/aromatic N) is 1. The molecule has 0 heterocycles. The van der Waals surface area contributed by atoms with Crippen molar-refractivity contribution in [2.75, 3.05) is 40.0 Å². The lowest BCUT2D eigenvalue weighted by atomic mass is 10.1. The van der Waals surface area contributed by atoms with Gasteiger partial charge in [0.05, 0.1) is 13.2 Å². The van der Waals surface area contributed by atoms with Crippen LogP contribution in [0.5, 0.6) is 5.75 Å². The highest BCUT2D eigenvalue weighted by Crippen LogP contribution is 2.45. The zero-order valence-electron chi connectivity index (χ0n) is 16.2. The van der Waals surface area contributed by atoms with Gasteiger partial charge in [0.15, 0.2) is 5.96 Å². The van der Waals surface area contributed by atoms with E-state index < -0.39 is 6.36 Å². The molecule has 1 saturated carbocycles. The zero-order chi connectivity index (χ0) is 20.4. The monoisotopic (exact) mass is 403 g/mol. The average molecular weight is 403 g/mol. The Kier molecular flexibility index (Phi) is 8.85. The highest BCUT2D eigenvalue weighted by atomic mass is 19.4. The second kappa shape index (κ2) is 11.1. The lowest BCUT2D eigenvalue weighted by Gasteiger charge is -2.14. The highest BCUT2D eigenvalue weighted by molar-refractivity contribution is 5.80. The van der Waals surface area contributed by atoms with Gasteiger partial charge in [0, 0.05) is 38.8 Å². The summed E-state index contributed by atoms with van der Waals surface area (Å²) in [5, 5.41) is 6.44. The first-order chi connectivity index (χ1) is 13.4. The van der Waals surface area contributed by atoms with Gasteiger partial charge in [-0.05, 0) is 31.4 Å². The smallest absolute Gasteiger partial charge is 0.405 e. The molecule has 0 radical (unpaired) electrons. The molecule has 0 amide bonds. The molecule has 0 saturated heterocycles. The van der Waals surface area contributed by atoms with Crippen molar-refractivity contribution in [1.82, 2.24) is 10.6 Å². The Hall–Kier alpha value is -2.00. The molecular formula is C19H28F3N3O3. The molecule has 28 heavy (non-hydrogen) atoms. The predicted molar refractivity (Wildman–Crippen MR) is 101 cm³/mol. The number of halogens is 3. The van der Waals surface area contributed by atoms with E-state index >= 15 is 0 Å². The summed E-state index contributed by atoms with van der Waals surface area (Å²) >= 11 is 0. The summed E-state index contributed by atoms with van der Waals surface area (Å²) in [6.07, 6.45) is -3.20. The summed E-state index contributed by atoms with van der Waals surface area (Å²) in [7, 11) is 1.63. The molecular weight excluding hydrogens is 375 g/mol. The molecule has 1 aliphatic rings. The maximum atomic E-state index is 12.6. The van der Waals surface area contributed by atoms with Gasteiger partial charge in [-0.2, -0.15) is 0 Å². The van der Waals surface area contributed by atoms with E-state index in [1.807, 2.05) is 6.92 Å². The Morgan fingerprint density at radius 2 is 2.00 bits per heavy atom. The largest absolute Gasteiger partial charge is 0.573 e. The van der Waals surface area contributed by atoms with Gasteiger partial charge in [-0.25, -0.2) is 0 Å². The number of aliphatic imine (C=N–C) groups is 1. The first-order valence-corrected chi connectivity index (χ1v) is 9.40. The lowest BCUT2D eigenvalue weighted by Crippen LogP contribution is -2.39. The number of hydrogen-bond donors (Lipinski definition) is 2. The molecule has 1 aromatic carbocycles. The third-order valence-electron chi connectivity index (χ3n) is 4.15. The third-order valence-corrected chi connectivity index (χ3v) is 4.15. The summed E-state index contributed by atoms with van der Waals surface area (Å²) in [6, 6.07) is 6.30. The van der Waals surface area contributed by atoms with Crippen LogP contribution in [0.3, 0.4) is 0 Å². The number of guanidine groups is 1. The van der Waals surface area contributed by atoms with Gasteiger partial charge in [0.25, 0.3) is 0 Å². The van der Waals surface area contributed by atoms with E-state index in [1.54, 1.807) is 19.2 Å². The van der Waals surface area contributed by atoms with Gasteiger partial charge in [-0.1, -0.05) is 18.2 Å². The molecule has 1 fully saturated rings. The first-order valence-electron chi connectivity index (χ1n) is 9.40. The van der Waals surface area contributed by atoms with Crippen molar-refractivity contribution >= 4 is 5.96 Å². The molecule has 9 heteroatoms. The van der Waals surface area contributed by atoms with E-state index in [4.69, 9.17) is 9.47 Å². The fourth-order valence-corrected chi connectivity index (χ4v) is 2.80. The number of benzene rings is 1. The second-order valence-corrected chi connectivity index (χ2v) is 6.40. The van der Waals surface area contributed by atoms with Gasteiger partial charge >= 0.3 is 6.36 Å². The summed E-state index contributed by atoms with van der Waals surface area (Å²) in [6.45, 7) is 4.97. The number of ether oxygens (including phenoxy) is 3. The molecule has 0 spiro atoms. The molecule has 0 aromatic heterocycles. The summed E-state index contributed by atoms with van der Waals surface area (Å²) in [5.41, 5.74) is 0.555. The molecule has 0 bridgehead atoms. The number of hydrogen-bond acceptors (Lipinski definition) is 4. The van der Waals surface area contributed by atoms with Crippen LogP contribution in [-0.4, -0.2) is 58.4 Å². The normalized spacial score (nSPS) is 19.4. The van der Waals surface area contributed by atoms with Gasteiger partial charge in [0.2, 0.25) is 0 Å². The van der Waals surface area contributed by atoms with Gasteiger partial charge in [0.1, 0.15) is 5.75 Å². The lowest BCUT2D eigenvalue weighted by molar-refractivity contribution is -0.274. The van der Waals surface area contributed by atoms with E-state index in [1.165, 1.54) is 12.1 Å². The molecule has 0 aliphatic heterocycles. The molecule has 158 valence electrons. The van der Waals surface area contributed by atoms with Crippen molar-refractivity contribution < 1.29 is 27.4 Å². The molecule has 2 atom stereocenters. The van der Waals surface area contributed by atoms with Crippen LogP contribution in [0.1, 0.15) is 31.2 Å². The Morgan fingerprint density at radius 3 is 2.71 bits per heavy atom. The summed E-state index contributed by atoms with van der Waals surface area (Å²) in [5.74, 6) is 0.473. The van der Waals surface area contributed by atoms with Crippen molar-refractivity contribution in [3.8, 4) is 5.75 Å². The van der Waals surface area contributed by atoms with Crippen LogP contribution in [-0.2, 0) is 9.47 Å². The van der Waals surface area contributed by atoms with Crippen molar-refractivity contribution in [2.24, 2.45) is 4.99 Å². The minimum absolute atomic E-state index is 0.0220. The van der Waals surface area contributed by atoms with Crippen LogP contribution in [0.4, 0.5) is 13.2 Å². The molecule has 2 rings (SSSR count). The van der Waals surface area contributed by atoms with Gasteiger partial charge in [-0.15, -0.1) is 13.2 Å². The Bertz CT molecular complexity index is 626. The number of para-hydroxylation sites is 1. The summed E-state index contributed by atoms with van der Waals surface area (Å²) in [4.78, 5) is 4.49. The topological polar surface area (TPSA) is 64.1 Å². The minimum atomic E-state index is -4.70.